The average Bonchev–Trinajstić information content (AvgIpc) is 2.48. The maximum atomic E-state index is 10.5. The second-order valence-electron chi connectivity index (χ2n) is 3.14. The lowest BCUT2D eigenvalue weighted by molar-refractivity contribution is -0.143. The molecular formula is C13H18O7. The van der Waals surface area contributed by atoms with Gasteiger partial charge in [-0.25, -0.2) is 0 Å². The summed E-state index contributed by atoms with van der Waals surface area (Å²) in [4.78, 5) is 40.0. The monoisotopic (exact) mass is 286 g/mol. The number of carbonyl (C=O) groups excluding carboxylic acids is 4. The van der Waals surface area contributed by atoms with Crippen LogP contribution in [0.3, 0.4) is 0 Å². The number of allylic oxidation sites excluding steroid dienone is 1. The molecule has 0 saturated heterocycles. The van der Waals surface area contributed by atoms with Crippen LogP contribution in [-0.4, -0.2) is 44.5 Å². The predicted octanol–water partition coefficient (Wildman–Crippen LogP) is 0.583. The normalized spacial score (nSPS) is 8.40. The van der Waals surface area contributed by atoms with Crippen molar-refractivity contribution in [3.05, 3.63) is 25.3 Å². The van der Waals surface area contributed by atoms with Gasteiger partial charge in [-0.3, -0.25) is 19.2 Å². The zero-order chi connectivity index (χ0) is 15.6. The molecule has 0 saturated carbocycles. The Kier molecular flexibility index (Phi) is 16.8. The van der Waals surface area contributed by atoms with E-state index < -0.39 is 0 Å². The zero-order valence-corrected chi connectivity index (χ0v) is 11.1. The molecule has 0 aliphatic rings. The van der Waals surface area contributed by atoms with Crippen molar-refractivity contribution in [3.63, 3.8) is 0 Å². The first-order valence-electron chi connectivity index (χ1n) is 5.61. The number of hydrogen-bond donors (Lipinski definition) is 0. The van der Waals surface area contributed by atoms with Crippen molar-refractivity contribution in [2.75, 3.05) is 20.0 Å². The lowest BCUT2D eigenvalue weighted by Crippen LogP contribution is -2.07. The van der Waals surface area contributed by atoms with Crippen LogP contribution >= 0.6 is 0 Å². The van der Waals surface area contributed by atoms with E-state index in [2.05, 4.69) is 27.4 Å². The van der Waals surface area contributed by atoms with Gasteiger partial charge in [0, 0.05) is 6.42 Å². The second kappa shape index (κ2) is 16.7. The molecule has 0 spiro atoms. The molecule has 0 radical (unpaired) electrons. The smallest absolute Gasteiger partial charge is 0.295 e. The van der Waals surface area contributed by atoms with E-state index in [-0.39, 0.29) is 31.4 Å². The van der Waals surface area contributed by atoms with Crippen LogP contribution in [0.2, 0.25) is 0 Å². The van der Waals surface area contributed by atoms with Gasteiger partial charge in [0.15, 0.2) is 18.4 Å². The van der Waals surface area contributed by atoms with Gasteiger partial charge in [0.05, 0.1) is 6.61 Å². The summed E-state index contributed by atoms with van der Waals surface area (Å²) >= 11 is 0. The molecule has 0 aromatic carbocycles. The van der Waals surface area contributed by atoms with Crippen molar-refractivity contribution in [1.29, 1.82) is 0 Å². The van der Waals surface area contributed by atoms with Crippen LogP contribution in [0.1, 0.15) is 12.8 Å². The van der Waals surface area contributed by atoms with E-state index >= 15 is 0 Å². The summed E-state index contributed by atoms with van der Waals surface area (Å²) in [7, 11) is 0. The van der Waals surface area contributed by atoms with Crippen LogP contribution in [0.15, 0.2) is 25.3 Å². The molecule has 0 atom stereocenters. The quantitative estimate of drug-likeness (QED) is 0.224. The molecule has 0 aliphatic carbocycles. The highest BCUT2D eigenvalue weighted by Crippen LogP contribution is 1.90. The number of ketones is 2. The Morgan fingerprint density at radius 3 is 2.05 bits per heavy atom. The fourth-order valence-corrected chi connectivity index (χ4v) is 0.757. The van der Waals surface area contributed by atoms with Gasteiger partial charge >= 0.3 is 0 Å². The fraction of sp³-hybridized carbons (Fsp3) is 0.385. The maximum Gasteiger partial charge on any atom is 0.295 e. The zero-order valence-electron chi connectivity index (χ0n) is 11.1. The number of carbonyl (C=O) groups is 4. The van der Waals surface area contributed by atoms with Gasteiger partial charge in [0.25, 0.3) is 12.9 Å². The molecule has 0 N–H and O–H groups in total. The summed E-state index contributed by atoms with van der Waals surface area (Å²) in [5, 5.41) is 0. The third-order valence-corrected chi connectivity index (χ3v) is 1.67. The van der Waals surface area contributed by atoms with E-state index in [1.807, 2.05) is 0 Å². The summed E-state index contributed by atoms with van der Waals surface area (Å²) in [5.41, 5.74) is 0. The average molecular weight is 286 g/mol. The highest BCUT2D eigenvalue weighted by molar-refractivity contribution is 5.90. The Morgan fingerprint density at radius 1 is 0.950 bits per heavy atom. The highest BCUT2D eigenvalue weighted by Gasteiger charge is 1.94. The van der Waals surface area contributed by atoms with Crippen molar-refractivity contribution in [1.82, 2.24) is 0 Å². The van der Waals surface area contributed by atoms with Crippen LogP contribution in [0.25, 0.3) is 0 Å². The molecular weight excluding hydrogens is 268 g/mol. The van der Waals surface area contributed by atoms with E-state index in [1.54, 1.807) is 0 Å². The Labute approximate surface area is 117 Å². The van der Waals surface area contributed by atoms with Crippen LogP contribution in [0.4, 0.5) is 0 Å². The number of ether oxygens (including phenoxy) is 3. The van der Waals surface area contributed by atoms with Crippen LogP contribution in [0.5, 0.6) is 0 Å². The fourth-order valence-electron chi connectivity index (χ4n) is 0.757. The van der Waals surface area contributed by atoms with Crippen LogP contribution in [-0.2, 0) is 33.4 Å². The van der Waals surface area contributed by atoms with Gasteiger partial charge in [-0.1, -0.05) is 13.2 Å². The second-order valence-corrected chi connectivity index (χ2v) is 3.14. The summed E-state index contributed by atoms with van der Waals surface area (Å²) in [6.45, 7) is 7.16. The topological polar surface area (TPSA) is 96.0 Å². The van der Waals surface area contributed by atoms with Crippen molar-refractivity contribution in [2.45, 2.75) is 12.8 Å². The maximum absolute atomic E-state index is 10.5. The van der Waals surface area contributed by atoms with Crippen molar-refractivity contribution >= 4 is 24.5 Å². The molecule has 0 amide bonds. The van der Waals surface area contributed by atoms with Gasteiger partial charge in [-0.05, 0) is 18.6 Å². The first-order valence-corrected chi connectivity index (χ1v) is 5.61. The molecule has 20 heavy (non-hydrogen) atoms. The van der Waals surface area contributed by atoms with E-state index in [9.17, 15) is 19.2 Å². The Bertz CT molecular complexity index is 291. The van der Waals surface area contributed by atoms with E-state index in [0.29, 0.717) is 25.9 Å². The third kappa shape index (κ3) is 18.1. The highest BCUT2D eigenvalue weighted by atomic mass is 16.7. The molecule has 0 heterocycles. The first-order chi connectivity index (χ1) is 9.62. The Balaban J connectivity index is 0. The number of hydrogen-bond acceptors (Lipinski definition) is 7. The molecule has 0 aliphatic heterocycles. The molecule has 7 heteroatoms. The third-order valence-electron chi connectivity index (χ3n) is 1.67. The van der Waals surface area contributed by atoms with Crippen molar-refractivity contribution in [2.24, 2.45) is 0 Å². The first kappa shape index (κ1) is 20.0. The lowest BCUT2D eigenvalue weighted by Gasteiger charge is -1.97. The standard InChI is InChI=1S/C7H10O3.C6H8O4/c1-2-7(9)4-3-5-10-6-8;1-2-6(8)3-9-5-10-4-7/h2,6H,1,3-5H2;2,4H,1,3,5H2. The molecule has 0 unspecified atom stereocenters. The summed E-state index contributed by atoms with van der Waals surface area (Å²) in [6, 6.07) is 0. The van der Waals surface area contributed by atoms with E-state index in [0.717, 1.165) is 6.08 Å². The molecule has 0 aromatic rings. The molecule has 0 aromatic heterocycles. The Morgan fingerprint density at radius 2 is 1.55 bits per heavy atom. The summed E-state index contributed by atoms with van der Waals surface area (Å²) in [6.07, 6.45) is 3.38. The van der Waals surface area contributed by atoms with Crippen LogP contribution in [0, 0.1) is 0 Å². The van der Waals surface area contributed by atoms with Gasteiger partial charge in [-0.15, -0.1) is 0 Å². The van der Waals surface area contributed by atoms with Gasteiger partial charge in [0.1, 0.15) is 6.61 Å². The van der Waals surface area contributed by atoms with E-state index in [4.69, 9.17) is 0 Å². The van der Waals surface area contributed by atoms with Crippen molar-refractivity contribution in [3.8, 4) is 0 Å². The lowest BCUT2D eigenvalue weighted by atomic mass is 10.2. The molecule has 112 valence electrons. The van der Waals surface area contributed by atoms with E-state index in [1.165, 1.54) is 6.08 Å². The van der Waals surface area contributed by atoms with Gasteiger partial charge < -0.3 is 14.2 Å². The SMILES string of the molecule is C=CC(=O)CCCOC=O.C=CC(=O)COCOC=O. The molecule has 7 nitrogen and oxygen atoms in total. The summed E-state index contributed by atoms with van der Waals surface area (Å²) in [5.74, 6) is -0.260. The number of rotatable bonds is 12. The minimum Gasteiger partial charge on any atom is -0.468 e. The van der Waals surface area contributed by atoms with Crippen molar-refractivity contribution < 1.29 is 33.4 Å². The van der Waals surface area contributed by atoms with Gasteiger partial charge in [0.2, 0.25) is 0 Å². The Hall–Kier alpha value is -2.28. The molecule has 0 bridgehead atoms. The minimum atomic E-state index is -0.241. The van der Waals surface area contributed by atoms with Gasteiger partial charge in [-0.2, -0.15) is 0 Å². The summed E-state index contributed by atoms with van der Waals surface area (Å²) < 4.78 is 13.1. The molecule has 0 fully saturated rings. The predicted molar refractivity (Wildman–Crippen MR) is 69.6 cm³/mol. The minimum absolute atomic E-state index is 0.0190. The largest absolute Gasteiger partial charge is 0.468 e. The molecule has 0 rings (SSSR count). The van der Waals surface area contributed by atoms with Crippen LogP contribution < -0.4 is 0 Å².